The highest BCUT2D eigenvalue weighted by Gasteiger charge is 2.33. The lowest BCUT2D eigenvalue weighted by Crippen LogP contribution is -2.10. The zero-order valence-electron chi connectivity index (χ0n) is 10.9. The van der Waals surface area contributed by atoms with Crippen LogP contribution in [0.5, 0.6) is 0 Å². The van der Waals surface area contributed by atoms with Gasteiger partial charge in [0.25, 0.3) is 0 Å². The molecule has 9 heteroatoms. The van der Waals surface area contributed by atoms with Crippen molar-refractivity contribution in [3.05, 3.63) is 62.8 Å². The molecule has 22 heavy (non-hydrogen) atoms. The van der Waals surface area contributed by atoms with Crippen molar-refractivity contribution >= 4 is 23.1 Å². The maximum absolute atomic E-state index is 12.6. The predicted molar refractivity (Wildman–Crippen MR) is 74.7 cm³/mol. The smallest absolute Gasteiger partial charge is 0.360 e. The first kappa shape index (κ1) is 16.0. The number of nitrogens with one attached hydrogen (secondary N) is 1. The number of anilines is 1. The number of rotatable bonds is 4. The van der Waals surface area contributed by atoms with Crippen molar-refractivity contribution in [2.75, 3.05) is 5.32 Å². The number of nitrogens with zero attached hydrogens (tertiary/aromatic N) is 2. The van der Waals surface area contributed by atoms with Crippen LogP contribution in [-0.4, -0.2) is 9.91 Å². The molecule has 2 aromatic rings. The van der Waals surface area contributed by atoms with Crippen LogP contribution in [0.4, 0.5) is 24.7 Å². The van der Waals surface area contributed by atoms with Gasteiger partial charge < -0.3 is 5.32 Å². The van der Waals surface area contributed by atoms with Crippen LogP contribution in [0.1, 0.15) is 11.1 Å². The maximum atomic E-state index is 12.6. The normalized spacial score (nSPS) is 11.3. The van der Waals surface area contributed by atoms with Crippen molar-refractivity contribution in [2.24, 2.45) is 0 Å². The lowest BCUT2D eigenvalue weighted by Gasteiger charge is -2.10. The fourth-order valence-electron chi connectivity index (χ4n) is 1.70. The molecular formula is C13H9ClF3N3O2. The fraction of sp³-hybridized carbons (Fsp3) is 0.154. The number of halogens is 4. The van der Waals surface area contributed by atoms with Gasteiger partial charge in [-0.3, -0.25) is 10.1 Å². The van der Waals surface area contributed by atoms with E-state index in [9.17, 15) is 23.3 Å². The molecule has 0 unspecified atom stereocenters. The highest BCUT2D eigenvalue weighted by atomic mass is 35.5. The molecule has 0 spiro atoms. The minimum atomic E-state index is -4.70. The predicted octanol–water partition coefficient (Wildman–Crippen LogP) is 4.27. The summed E-state index contributed by atoms with van der Waals surface area (Å²) in [7, 11) is 0. The first-order chi connectivity index (χ1) is 10.3. The molecule has 1 heterocycles. The average molecular weight is 332 g/mol. The van der Waals surface area contributed by atoms with Gasteiger partial charge in [-0.05, 0) is 11.6 Å². The molecule has 0 fully saturated rings. The molecule has 0 saturated heterocycles. The number of hydrogen-bond donors (Lipinski definition) is 1. The molecule has 1 aromatic carbocycles. The third-order valence-corrected chi connectivity index (χ3v) is 3.16. The van der Waals surface area contributed by atoms with Gasteiger partial charge in [-0.15, -0.1) is 0 Å². The first-order valence-electron chi connectivity index (χ1n) is 5.98. The Balaban J connectivity index is 2.27. The van der Waals surface area contributed by atoms with Gasteiger partial charge in [-0.25, -0.2) is 4.98 Å². The third kappa shape index (κ3) is 3.64. The van der Waals surface area contributed by atoms with Gasteiger partial charge in [0.15, 0.2) is 0 Å². The summed E-state index contributed by atoms with van der Waals surface area (Å²) >= 11 is 5.93. The van der Waals surface area contributed by atoms with Gasteiger partial charge in [-0.2, -0.15) is 13.2 Å². The molecule has 0 radical (unpaired) electrons. The van der Waals surface area contributed by atoms with Gasteiger partial charge in [-0.1, -0.05) is 29.8 Å². The minimum Gasteiger partial charge on any atom is -0.360 e. The number of benzene rings is 1. The summed E-state index contributed by atoms with van der Waals surface area (Å²) in [5.74, 6) is -0.252. The fourth-order valence-corrected chi connectivity index (χ4v) is 1.91. The molecule has 0 aliphatic heterocycles. The zero-order valence-corrected chi connectivity index (χ0v) is 11.6. The highest BCUT2D eigenvalue weighted by molar-refractivity contribution is 6.31. The largest absolute Gasteiger partial charge is 0.418 e. The van der Waals surface area contributed by atoms with E-state index in [-0.39, 0.29) is 12.4 Å². The maximum Gasteiger partial charge on any atom is 0.418 e. The van der Waals surface area contributed by atoms with E-state index in [2.05, 4.69) is 10.3 Å². The van der Waals surface area contributed by atoms with Crippen molar-refractivity contribution in [3.8, 4) is 0 Å². The molecule has 0 saturated carbocycles. The summed E-state index contributed by atoms with van der Waals surface area (Å²) < 4.78 is 37.7. The van der Waals surface area contributed by atoms with Gasteiger partial charge in [0, 0.05) is 23.8 Å². The molecule has 2 rings (SSSR count). The SMILES string of the molecule is O=[N+]([O-])c1cc(C(F)(F)F)cnc1NCc1ccccc1Cl. The molecule has 0 aliphatic carbocycles. The Morgan fingerprint density at radius 3 is 2.59 bits per heavy atom. The van der Waals surface area contributed by atoms with Crippen molar-refractivity contribution in [3.63, 3.8) is 0 Å². The van der Waals surface area contributed by atoms with E-state index < -0.39 is 22.4 Å². The Labute approximate surface area is 127 Å². The second kappa shape index (κ2) is 6.18. The molecule has 0 atom stereocenters. The Hall–Kier alpha value is -2.35. The molecule has 1 aromatic heterocycles. The Kier molecular flexibility index (Phi) is 4.51. The summed E-state index contributed by atoms with van der Waals surface area (Å²) in [6, 6.07) is 7.20. The van der Waals surface area contributed by atoms with Crippen molar-refractivity contribution < 1.29 is 18.1 Å². The zero-order chi connectivity index (χ0) is 16.3. The van der Waals surface area contributed by atoms with Gasteiger partial charge in [0.2, 0.25) is 5.82 Å². The standard InChI is InChI=1S/C13H9ClF3N3O2/c14-10-4-2-1-3-8(10)6-18-12-11(20(21)22)5-9(7-19-12)13(15,16)17/h1-5,7H,6H2,(H,18,19). The topological polar surface area (TPSA) is 68.1 Å². The van der Waals surface area contributed by atoms with E-state index in [1.807, 2.05) is 0 Å². The van der Waals surface area contributed by atoms with Gasteiger partial charge in [0.1, 0.15) is 0 Å². The number of nitro groups is 1. The Bertz CT molecular complexity index is 707. The molecule has 0 bridgehead atoms. The number of pyridine rings is 1. The lowest BCUT2D eigenvalue weighted by atomic mass is 10.2. The van der Waals surface area contributed by atoms with E-state index in [4.69, 9.17) is 11.6 Å². The van der Waals surface area contributed by atoms with Crippen molar-refractivity contribution in [2.45, 2.75) is 12.7 Å². The summed E-state index contributed by atoms with van der Waals surface area (Å²) in [5, 5.41) is 14.0. The van der Waals surface area contributed by atoms with Crippen LogP contribution in [0, 0.1) is 10.1 Å². The van der Waals surface area contributed by atoms with E-state index in [1.54, 1.807) is 24.3 Å². The molecule has 0 aliphatic rings. The lowest BCUT2D eigenvalue weighted by molar-refractivity contribution is -0.384. The molecule has 1 N–H and O–H groups in total. The van der Waals surface area contributed by atoms with Crippen LogP contribution >= 0.6 is 11.6 Å². The first-order valence-corrected chi connectivity index (χ1v) is 6.35. The third-order valence-electron chi connectivity index (χ3n) is 2.80. The van der Waals surface area contributed by atoms with E-state index in [0.29, 0.717) is 22.8 Å². The number of aromatic nitrogens is 1. The van der Waals surface area contributed by atoms with E-state index >= 15 is 0 Å². The van der Waals surface area contributed by atoms with E-state index in [0.717, 1.165) is 0 Å². The molecule has 0 amide bonds. The minimum absolute atomic E-state index is 0.0961. The monoisotopic (exact) mass is 331 g/mol. The van der Waals surface area contributed by atoms with Crippen LogP contribution in [0.2, 0.25) is 5.02 Å². The Morgan fingerprint density at radius 1 is 1.32 bits per heavy atom. The van der Waals surface area contributed by atoms with Gasteiger partial charge in [0.05, 0.1) is 10.5 Å². The van der Waals surface area contributed by atoms with Crippen LogP contribution in [0.15, 0.2) is 36.5 Å². The van der Waals surface area contributed by atoms with Crippen molar-refractivity contribution in [1.29, 1.82) is 0 Å². The molecule has 116 valence electrons. The second-order valence-corrected chi connectivity index (χ2v) is 4.70. The summed E-state index contributed by atoms with van der Waals surface area (Å²) in [4.78, 5) is 13.5. The van der Waals surface area contributed by atoms with E-state index in [1.165, 1.54) is 0 Å². The molecular weight excluding hydrogens is 323 g/mol. The number of hydrogen-bond acceptors (Lipinski definition) is 4. The second-order valence-electron chi connectivity index (χ2n) is 4.29. The van der Waals surface area contributed by atoms with Crippen molar-refractivity contribution in [1.82, 2.24) is 4.98 Å². The summed E-state index contributed by atoms with van der Waals surface area (Å²) in [6.07, 6.45) is -4.15. The average Bonchev–Trinajstić information content (AvgIpc) is 2.45. The quantitative estimate of drug-likeness (QED) is 0.671. The van der Waals surface area contributed by atoms with Gasteiger partial charge >= 0.3 is 11.9 Å². The summed E-state index contributed by atoms with van der Waals surface area (Å²) in [5.41, 5.74) is -1.29. The summed E-state index contributed by atoms with van der Waals surface area (Å²) in [6.45, 7) is 0.0961. The van der Waals surface area contributed by atoms with Crippen LogP contribution < -0.4 is 5.32 Å². The highest BCUT2D eigenvalue weighted by Crippen LogP contribution is 2.33. The van der Waals surface area contributed by atoms with Crippen LogP contribution in [0.25, 0.3) is 0 Å². The molecule has 5 nitrogen and oxygen atoms in total. The number of alkyl halides is 3. The van der Waals surface area contributed by atoms with Crippen LogP contribution in [-0.2, 0) is 12.7 Å². The van der Waals surface area contributed by atoms with Crippen LogP contribution in [0.3, 0.4) is 0 Å². The Morgan fingerprint density at radius 2 is 2.00 bits per heavy atom.